The van der Waals surface area contributed by atoms with E-state index in [1.807, 2.05) is 0 Å². The standard InChI is InChI=1S/C22H30F2O6/c1-19-6-5-15(26)11(8-19)14(23)4-3-12-13-7-16(27)22(30,18(29)10-25)20(13,2)9-17(28)21(12,19)24/h5-6,11-14,16-17,25,27-28,30H,3-4,7-10H2,1-2H3/t11?,12?,13-,14+,16+,17-,19-,20-,21-,22-/m0/s1. The quantitative estimate of drug-likeness (QED) is 0.523. The maximum Gasteiger partial charge on any atom is 0.192 e. The lowest BCUT2D eigenvalue weighted by molar-refractivity contribution is -0.227. The third-order valence-corrected chi connectivity index (χ3v) is 9.04. The third kappa shape index (κ3) is 2.42. The molecule has 0 aliphatic heterocycles. The molecule has 2 unspecified atom stereocenters. The number of hydrogen-bond acceptors (Lipinski definition) is 6. The molecule has 6 nitrogen and oxygen atoms in total. The summed E-state index contributed by atoms with van der Waals surface area (Å²) in [7, 11) is 0. The van der Waals surface area contributed by atoms with Gasteiger partial charge in [-0.15, -0.1) is 0 Å². The second-order valence-corrected chi connectivity index (χ2v) is 10.3. The van der Waals surface area contributed by atoms with E-state index < -0.39 is 70.6 Å². The van der Waals surface area contributed by atoms with Gasteiger partial charge in [0.15, 0.2) is 17.2 Å². The molecule has 4 aliphatic carbocycles. The summed E-state index contributed by atoms with van der Waals surface area (Å²) in [6.07, 6.45) is -2.49. The molecule has 0 heterocycles. The molecule has 4 aliphatic rings. The van der Waals surface area contributed by atoms with E-state index in [1.165, 1.54) is 19.1 Å². The van der Waals surface area contributed by atoms with Gasteiger partial charge in [0.1, 0.15) is 18.4 Å². The van der Waals surface area contributed by atoms with E-state index in [9.17, 15) is 34.4 Å². The molecule has 168 valence electrons. The van der Waals surface area contributed by atoms with Crippen molar-refractivity contribution in [2.75, 3.05) is 6.61 Å². The molecule has 30 heavy (non-hydrogen) atoms. The van der Waals surface area contributed by atoms with E-state index >= 15 is 4.39 Å². The maximum absolute atomic E-state index is 17.0. The van der Waals surface area contributed by atoms with Crippen LogP contribution in [0.3, 0.4) is 0 Å². The Kier molecular flexibility index (Phi) is 4.87. The summed E-state index contributed by atoms with van der Waals surface area (Å²) in [4.78, 5) is 24.7. The summed E-state index contributed by atoms with van der Waals surface area (Å²) in [5.74, 6) is -3.97. The van der Waals surface area contributed by atoms with Crippen molar-refractivity contribution in [3.8, 4) is 0 Å². The molecular formula is C22H30F2O6. The molecule has 0 radical (unpaired) electrons. The van der Waals surface area contributed by atoms with Crippen LogP contribution in [-0.4, -0.2) is 68.2 Å². The Labute approximate surface area is 174 Å². The Morgan fingerprint density at radius 1 is 1.17 bits per heavy atom. The molecule has 3 saturated carbocycles. The number of allylic oxidation sites excluding steroid dienone is 2. The van der Waals surface area contributed by atoms with Crippen LogP contribution in [0.1, 0.15) is 46.0 Å². The van der Waals surface area contributed by atoms with Crippen LogP contribution < -0.4 is 0 Å². The number of fused-ring (bicyclic) bond motifs is 6. The number of ketones is 2. The summed E-state index contributed by atoms with van der Waals surface area (Å²) in [5, 5.41) is 42.3. The zero-order chi connectivity index (χ0) is 22.3. The number of aliphatic hydroxyl groups is 4. The van der Waals surface area contributed by atoms with Crippen molar-refractivity contribution in [1.82, 2.24) is 0 Å². The van der Waals surface area contributed by atoms with Gasteiger partial charge in [-0.1, -0.05) is 19.9 Å². The topological polar surface area (TPSA) is 115 Å². The highest BCUT2D eigenvalue weighted by atomic mass is 19.1. The number of Topliss-reactive ketones (excluding diaryl/α,β-unsaturated/α-hetero) is 1. The second kappa shape index (κ2) is 6.64. The fraction of sp³-hybridized carbons (Fsp3) is 0.818. The average molecular weight is 428 g/mol. The molecule has 4 N–H and O–H groups in total. The van der Waals surface area contributed by atoms with Gasteiger partial charge in [-0.3, -0.25) is 9.59 Å². The summed E-state index contributed by atoms with van der Waals surface area (Å²) >= 11 is 0. The lowest BCUT2D eigenvalue weighted by Gasteiger charge is -2.61. The van der Waals surface area contributed by atoms with Crippen molar-refractivity contribution in [2.45, 2.75) is 75.6 Å². The Bertz CT molecular complexity index is 802. The zero-order valence-corrected chi connectivity index (χ0v) is 17.2. The van der Waals surface area contributed by atoms with E-state index in [2.05, 4.69) is 0 Å². The first-order valence-electron chi connectivity index (χ1n) is 10.7. The molecule has 10 atom stereocenters. The first-order valence-corrected chi connectivity index (χ1v) is 10.7. The molecule has 2 bridgehead atoms. The minimum Gasteiger partial charge on any atom is -0.390 e. The fourth-order valence-electron chi connectivity index (χ4n) is 7.33. The van der Waals surface area contributed by atoms with Crippen LogP contribution in [0.4, 0.5) is 8.78 Å². The number of alkyl halides is 2. The van der Waals surface area contributed by atoms with Crippen LogP contribution in [0.5, 0.6) is 0 Å². The van der Waals surface area contributed by atoms with Crippen molar-refractivity contribution in [1.29, 1.82) is 0 Å². The summed E-state index contributed by atoms with van der Waals surface area (Å²) in [6, 6.07) is 0. The SMILES string of the molecule is C[C@]12C=CC(=O)C(C1)[C@H](F)CCC1[C@@H]3C[C@@H](O)[C@](O)(C(=O)CO)[C@@]3(C)C[C@H](O)[C@@]12F. The van der Waals surface area contributed by atoms with Crippen LogP contribution in [0.2, 0.25) is 0 Å². The van der Waals surface area contributed by atoms with Gasteiger partial charge < -0.3 is 20.4 Å². The van der Waals surface area contributed by atoms with Crippen molar-refractivity contribution < 1.29 is 38.8 Å². The average Bonchev–Trinajstić information content (AvgIpc) is 2.89. The second-order valence-electron chi connectivity index (χ2n) is 10.3. The van der Waals surface area contributed by atoms with Gasteiger partial charge in [0.05, 0.1) is 18.1 Å². The Morgan fingerprint density at radius 3 is 2.47 bits per heavy atom. The Balaban J connectivity index is 1.86. The first-order chi connectivity index (χ1) is 13.9. The highest BCUT2D eigenvalue weighted by Crippen LogP contribution is 2.68. The maximum atomic E-state index is 17.0. The van der Waals surface area contributed by atoms with Crippen LogP contribution >= 0.6 is 0 Å². The molecule has 4 rings (SSSR count). The summed E-state index contributed by atoms with van der Waals surface area (Å²) in [5.41, 5.74) is -7.25. The van der Waals surface area contributed by atoms with Gasteiger partial charge in [-0.2, -0.15) is 0 Å². The number of hydrogen-bond donors (Lipinski definition) is 4. The number of halogens is 2. The van der Waals surface area contributed by atoms with Crippen molar-refractivity contribution >= 4 is 11.6 Å². The minimum atomic E-state index is -2.33. The minimum absolute atomic E-state index is 0.0122. The lowest BCUT2D eigenvalue weighted by Crippen LogP contribution is -2.69. The molecule has 0 amide bonds. The smallest absolute Gasteiger partial charge is 0.192 e. The molecule has 0 aromatic rings. The lowest BCUT2D eigenvalue weighted by atomic mass is 9.46. The van der Waals surface area contributed by atoms with Crippen LogP contribution in [-0.2, 0) is 9.59 Å². The number of carbonyl (C=O) groups is 2. The van der Waals surface area contributed by atoms with Gasteiger partial charge in [-0.05, 0) is 44.1 Å². The van der Waals surface area contributed by atoms with Crippen molar-refractivity contribution in [3.05, 3.63) is 12.2 Å². The molecule has 0 spiro atoms. The number of rotatable bonds is 2. The van der Waals surface area contributed by atoms with E-state index in [4.69, 9.17) is 0 Å². The zero-order valence-electron chi connectivity index (χ0n) is 17.2. The van der Waals surface area contributed by atoms with Crippen LogP contribution in [0.15, 0.2) is 12.2 Å². The van der Waals surface area contributed by atoms with Crippen molar-refractivity contribution in [2.24, 2.45) is 28.6 Å². The van der Waals surface area contributed by atoms with E-state index in [0.717, 1.165) is 0 Å². The third-order valence-electron chi connectivity index (χ3n) is 9.04. The number of aliphatic hydroxyl groups excluding tert-OH is 3. The molecule has 8 heteroatoms. The highest BCUT2D eigenvalue weighted by molar-refractivity contribution is 5.93. The van der Waals surface area contributed by atoms with Crippen LogP contribution in [0, 0.1) is 28.6 Å². The predicted molar refractivity (Wildman–Crippen MR) is 102 cm³/mol. The van der Waals surface area contributed by atoms with Crippen molar-refractivity contribution in [3.63, 3.8) is 0 Å². The van der Waals surface area contributed by atoms with Gasteiger partial charge in [0.25, 0.3) is 0 Å². The van der Waals surface area contributed by atoms with Gasteiger partial charge in [-0.25, -0.2) is 8.78 Å². The predicted octanol–water partition coefficient (Wildman–Crippen LogP) is 1.04. The Morgan fingerprint density at radius 2 is 1.83 bits per heavy atom. The number of carbonyl (C=O) groups excluding carboxylic acids is 2. The summed E-state index contributed by atoms with van der Waals surface area (Å²) < 4.78 is 31.9. The van der Waals surface area contributed by atoms with Gasteiger partial charge >= 0.3 is 0 Å². The largest absolute Gasteiger partial charge is 0.390 e. The van der Waals surface area contributed by atoms with Crippen LogP contribution in [0.25, 0.3) is 0 Å². The molecule has 0 aromatic carbocycles. The fourth-order valence-corrected chi connectivity index (χ4v) is 7.33. The molecule has 3 fully saturated rings. The molecular weight excluding hydrogens is 398 g/mol. The first kappa shape index (κ1) is 22.0. The van der Waals surface area contributed by atoms with Gasteiger partial charge in [0, 0.05) is 16.7 Å². The van der Waals surface area contributed by atoms with E-state index in [-0.39, 0.29) is 37.9 Å². The summed E-state index contributed by atoms with van der Waals surface area (Å²) in [6.45, 7) is 2.12. The molecule has 0 aromatic heterocycles. The Hall–Kier alpha value is -1.22. The van der Waals surface area contributed by atoms with E-state index in [0.29, 0.717) is 0 Å². The monoisotopic (exact) mass is 428 g/mol. The molecule has 0 saturated heterocycles. The van der Waals surface area contributed by atoms with Gasteiger partial charge in [0.2, 0.25) is 0 Å². The normalized spacial score (nSPS) is 55.4. The highest BCUT2D eigenvalue weighted by Gasteiger charge is 2.75. The van der Waals surface area contributed by atoms with E-state index in [1.54, 1.807) is 6.92 Å².